The number of hydrogen-bond acceptors (Lipinski definition) is 6. The smallest absolute Gasteiger partial charge is 0.338 e. The highest BCUT2D eigenvalue weighted by Crippen LogP contribution is 2.19. The minimum atomic E-state index is -0.569. The second-order valence-corrected chi connectivity index (χ2v) is 5.46. The number of aryl methyl sites for hydroxylation is 2. The van der Waals surface area contributed by atoms with Crippen LogP contribution < -0.4 is 0 Å². The first-order chi connectivity index (χ1) is 11.5. The van der Waals surface area contributed by atoms with Gasteiger partial charge in [0.25, 0.3) is 5.89 Å². The van der Waals surface area contributed by atoms with Crippen molar-refractivity contribution >= 4 is 5.97 Å². The molecule has 122 valence electrons. The monoisotopic (exact) mass is 324 g/mol. The lowest BCUT2D eigenvalue weighted by Gasteiger charge is -2.04. The zero-order valence-corrected chi connectivity index (χ0v) is 13.3. The van der Waals surface area contributed by atoms with E-state index in [1.54, 1.807) is 19.1 Å². The van der Waals surface area contributed by atoms with Crippen LogP contribution in [-0.2, 0) is 11.3 Å². The Labute approximate surface area is 138 Å². The summed E-state index contributed by atoms with van der Waals surface area (Å²) < 4.78 is 10.2. The van der Waals surface area contributed by atoms with Crippen LogP contribution in [0, 0.1) is 13.8 Å². The molecule has 1 aromatic heterocycles. The summed E-state index contributed by atoms with van der Waals surface area (Å²) in [5.74, 6) is 0.119. The van der Waals surface area contributed by atoms with E-state index >= 15 is 0 Å². The summed E-state index contributed by atoms with van der Waals surface area (Å²) in [6.45, 7) is 3.61. The molecule has 0 radical (unpaired) electrons. The second-order valence-electron chi connectivity index (χ2n) is 5.46. The van der Waals surface area contributed by atoms with E-state index in [4.69, 9.17) is 9.26 Å². The molecule has 1 heterocycles. The van der Waals surface area contributed by atoms with Gasteiger partial charge in [-0.15, -0.1) is 0 Å². The fraction of sp³-hybridized carbons (Fsp3) is 0.167. The Bertz CT molecular complexity index is 869. The summed E-state index contributed by atoms with van der Waals surface area (Å²) in [5.41, 5.74) is 2.91. The van der Waals surface area contributed by atoms with E-state index in [0.717, 1.165) is 11.1 Å². The molecule has 0 saturated carbocycles. The van der Waals surface area contributed by atoms with Crippen molar-refractivity contribution in [3.63, 3.8) is 0 Å². The van der Waals surface area contributed by atoms with Gasteiger partial charge in [0.05, 0.1) is 5.56 Å². The van der Waals surface area contributed by atoms with Gasteiger partial charge in [-0.1, -0.05) is 41.1 Å². The third-order valence-corrected chi connectivity index (χ3v) is 3.55. The first kappa shape index (κ1) is 15.7. The van der Waals surface area contributed by atoms with Crippen LogP contribution in [0.15, 0.2) is 47.0 Å². The Hall–Kier alpha value is -3.15. The lowest BCUT2D eigenvalue weighted by molar-refractivity contribution is 0.0429. The van der Waals surface area contributed by atoms with E-state index < -0.39 is 5.97 Å². The van der Waals surface area contributed by atoms with Crippen molar-refractivity contribution in [3.8, 4) is 17.1 Å². The summed E-state index contributed by atoms with van der Waals surface area (Å²) >= 11 is 0. The Morgan fingerprint density at radius 3 is 2.62 bits per heavy atom. The SMILES string of the molecule is Cc1ccc(-c2noc(COC(=O)c3ccc(C)c(O)c3)n2)cc1. The van der Waals surface area contributed by atoms with E-state index in [-0.39, 0.29) is 23.8 Å². The van der Waals surface area contributed by atoms with Gasteiger partial charge in [-0.3, -0.25) is 0 Å². The molecule has 24 heavy (non-hydrogen) atoms. The maximum Gasteiger partial charge on any atom is 0.338 e. The van der Waals surface area contributed by atoms with Gasteiger partial charge in [-0.2, -0.15) is 4.98 Å². The quantitative estimate of drug-likeness (QED) is 0.740. The zero-order chi connectivity index (χ0) is 17.1. The molecule has 0 aliphatic rings. The van der Waals surface area contributed by atoms with Crippen LogP contribution in [0.2, 0.25) is 0 Å². The third kappa shape index (κ3) is 3.43. The van der Waals surface area contributed by atoms with Gasteiger partial charge in [0.15, 0.2) is 6.61 Å². The molecule has 0 amide bonds. The van der Waals surface area contributed by atoms with Crippen molar-refractivity contribution in [2.75, 3.05) is 0 Å². The number of hydrogen-bond donors (Lipinski definition) is 1. The minimum Gasteiger partial charge on any atom is -0.508 e. The number of nitrogens with zero attached hydrogens (tertiary/aromatic N) is 2. The van der Waals surface area contributed by atoms with Gasteiger partial charge in [-0.25, -0.2) is 4.79 Å². The van der Waals surface area contributed by atoms with E-state index in [0.29, 0.717) is 11.4 Å². The number of phenolic OH excluding ortho intramolecular Hbond substituents is 1. The van der Waals surface area contributed by atoms with Crippen LogP contribution in [0.4, 0.5) is 0 Å². The molecule has 0 fully saturated rings. The number of aromatic hydroxyl groups is 1. The van der Waals surface area contributed by atoms with Gasteiger partial charge in [0, 0.05) is 5.56 Å². The molecule has 6 heteroatoms. The molecule has 0 atom stereocenters. The number of esters is 1. The van der Waals surface area contributed by atoms with Crippen LogP contribution in [0.1, 0.15) is 27.4 Å². The van der Waals surface area contributed by atoms with Gasteiger partial charge in [0.2, 0.25) is 5.82 Å². The summed E-state index contributed by atoms with van der Waals surface area (Å²) in [6.07, 6.45) is 0. The van der Waals surface area contributed by atoms with E-state index in [1.165, 1.54) is 6.07 Å². The van der Waals surface area contributed by atoms with Crippen LogP contribution in [-0.4, -0.2) is 21.2 Å². The largest absolute Gasteiger partial charge is 0.508 e. The Morgan fingerprint density at radius 1 is 1.17 bits per heavy atom. The van der Waals surface area contributed by atoms with Gasteiger partial charge < -0.3 is 14.4 Å². The fourth-order valence-electron chi connectivity index (χ4n) is 2.08. The van der Waals surface area contributed by atoms with Crippen molar-refractivity contribution in [1.82, 2.24) is 10.1 Å². The molecule has 0 saturated heterocycles. The summed E-state index contributed by atoms with van der Waals surface area (Å²) in [7, 11) is 0. The Balaban J connectivity index is 1.65. The topological polar surface area (TPSA) is 85.5 Å². The van der Waals surface area contributed by atoms with Crippen LogP contribution in [0.3, 0.4) is 0 Å². The fourth-order valence-corrected chi connectivity index (χ4v) is 2.08. The van der Waals surface area contributed by atoms with Gasteiger partial charge in [-0.05, 0) is 31.5 Å². The number of aromatic nitrogens is 2. The van der Waals surface area contributed by atoms with Crippen LogP contribution >= 0.6 is 0 Å². The molecule has 6 nitrogen and oxygen atoms in total. The number of carbonyl (C=O) groups excluding carboxylic acids is 1. The number of ether oxygens (including phenoxy) is 1. The molecule has 0 unspecified atom stereocenters. The normalized spacial score (nSPS) is 10.6. The maximum absolute atomic E-state index is 12.0. The molecule has 0 bridgehead atoms. The highest BCUT2D eigenvalue weighted by Gasteiger charge is 2.13. The van der Waals surface area contributed by atoms with Crippen molar-refractivity contribution in [2.45, 2.75) is 20.5 Å². The lowest BCUT2D eigenvalue weighted by Crippen LogP contribution is -2.05. The molecule has 3 aromatic rings. The number of benzene rings is 2. The molecular weight excluding hydrogens is 308 g/mol. The molecule has 3 rings (SSSR count). The molecule has 0 spiro atoms. The first-order valence-electron chi connectivity index (χ1n) is 7.39. The minimum absolute atomic E-state index is 0.0453. The highest BCUT2D eigenvalue weighted by atomic mass is 16.6. The molecule has 1 N–H and O–H groups in total. The molecule has 2 aromatic carbocycles. The number of phenols is 1. The standard InChI is InChI=1S/C18H16N2O4/c1-11-3-6-13(7-4-11)17-19-16(24-20-17)10-23-18(22)14-8-5-12(2)15(21)9-14/h3-9,21H,10H2,1-2H3. The van der Waals surface area contributed by atoms with Gasteiger partial charge >= 0.3 is 5.97 Å². The van der Waals surface area contributed by atoms with E-state index in [2.05, 4.69) is 10.1 Å². The molecule has 0 aliphatic carbocycles. The van der Waals surface area contributed by atoms with Crippen molar-refractivity contribution in [3.05, 3.63) is 65.0 Å². The number of carbonyl (C=O) groups is 1. The predicted octanol–water partition coefficient (Wildman–Crippen LogP) is 3.42. The molecule has 0 aliphatic heterocycles. The van der Waals surface area contributed by atoms with Crippen LogP contribution in [0.5, 0.6) is 5.75 Å². The van der Waals surface area contributed by atoms with Crippen LogP contribution in [0.25, 0.3) is 11.4 Å². The van der Waals surface area contributed by atoms with E-state index in [1.807, 2.05) is 31.2 Å². The average Bonchev–Trinajstić information content (AvgIpc) is 3.05. The average molecular weight is 324 g/mol. The van der Waals surface area contributed by atoms with Gasteiger partial charge in [0.1, 0.15) is 5.75 Å². The highest BCUT2D eigenvalue weighted by molar-refractivity contribution is 5.89. The van der Waals surface area contributed by atoms with Crippen molar-refractivity contribution in [2.24, 2.45) is 0 Å². The summed E-state index contributed by atoms with van der Waals surface area (Å²) in [4.78, 5) is 16.2. The second kappa shape index (κ2) is 6.54. The maximum atomic E-state index is 12.0. The van der Waals surface area contributed by atoms with E-state index in [9.17, 15) is 9.90 Å². The number of rotatable bonds is 4. The zero-order valence-electron chi connectivity index (χ0n) is 13.3. The lowest BCUT2D eigenvalue weighted by atomic mass is 10.1. The predicted molar refractivity (Wildman–Crippen MR) is 86.4 cm³/mol. The third-order valence-electron chi connectivity index (χ3n) is 3.55. The first-order valence-corrected chi connectivity index (χ1v) is 7.39. The summed E-state index contributed by atoms with van der Waals surface area (Å²) in [6, 6.07) is 12.3. The summed E-state index contributed by atoms with van der Waals surface area (Å²) in [5, 5.41) is 13.5. The molecular formula is C18H16N2O4. The van der Waals surface area contributed by atoms with Crippen molar-refractivity contribution < 1.29 is 19.2 Å². The van der Waals surface area contributed by atoms with Crippen molar-refractivity contribution in [1.29, 1.82) is 0 Å². The Morgan fingerprint density at radius 2 is 1.92 bits per heavy atom. The Kier molecular flexibility index (Phi) is 4.29.